The van der Waals surface area contributed by atoms with Crippen LogP contribution in [0.3, 0.4) is 0 Å². The van der Waals surface area contributed by atoms with E-state index < -0.39 is 0 Å². The van der Waals surface area contributed by atoms with Crippen molar-refractivity contribution in [1.82, 2.24) is 4.98 Å². The Morgan fingerprint density at radius 1 is 1.20 bits per heavy atom. The molecule has 0 aliphatic heterocycles. The molecule has 3 nitrogen and oxygen atoms in total. The molecule has 0 radical (unpaired) electrons. The van der Waals surface area contributed by atoms with Crippen LogP contribution in [0.25, 0.3) is 22.4 Å². The number of H-pyrrole nitrogens is 1. The van der Waals surface area contributed by atoms with E-state index in [0.29, 0.717) is 4.84 Å². The molecule has 0 unspecified atom stereocenters. The summed E-state index contributed by atoms with van der Waals surface area (Å²) in [4.78, 5) is 3.34. The summed E-state index contributed by atoms with van der Waals surface area (Å²) < 4.78 is 10.6. The lowest BCUT2D eigenvalue weighted by molar-refractivity contribution is 0.578. The summed E-state index contributed by atoms with van der Waals surface area (Å²) in [7, 11) is 0. The number of nitrogens with one attached hydrogen (secondary N) is 1. The van der Waals surface area contributed by atoms with E-state index >= 15 is 0 Å². The summed E-state index contributed by atoms with van der Waals surface area (Å²) in [5.74, 6) is 0.819. The second-order valence-electron chi connectivity index (χ2n) is 3.20. The molecule has 0 saturated carbocycles. The van der Waals surface area contributed by atoms with Crippen molar-refractivity contribution in [2.75, 3.05) is 0 Å². The number of hydrogen-bond donors (Lipinski definition) is 1. The zero-order valence-corrected chi connectivity index (χ0v) is 8.51. The fraction of sp³-hybridized carbons (Fsp3) is 0. The maximum Gasteiger partial charge on any atom is 0.266 e. The summed E-state index contributed by atoms with van der Waals surface area (Å²) in [6.07, 6.45) is 1.65. The molecule has 0 fully saturated rings. The van der Waals surface area contributed by atoms with Gasteiger partial charge in [0.05, 0.1) is 11.8 Å². The third kappa shape index (κ3) is 1.39. The Labute approximate surface area is 90.3 Å². The SMILES string of the molecule is S=c1[nH]c2ccc(-c3ccco3)cc2o1. The molecule has 74 valence electrons. The fourth-order valence-corrected chi connectivity index (χ4v) is 1.74. The van der Waals surface area contributed by atoms with Crippen LogP contribution in [0.2, 0.25) is 0 Å². The van der Waals surface area contributed by atoms with Gasteiger partial charge in [-0.1, -0.05) is 0 Å². The molecule has 0 amide bonds. The molecule has 0 spiro atoms. The molecule has 0 aliphatic carbocycles. The molecule has 0 aliphatic rings. The normalized spacial score (nSPS) is 10.9. The van der Waals surface area contributed by atoms with Crippen LogP contribution < -0.4 is 0 Å². The van der Waals surface area contributed by atoms with Gasteiger partial charge in [-0.3, -0.25) is 0 Å². The molecule has 2 heterocycles. The minimum atomic E-state index is 0.390. The van der Waals surface area contributed by atoms with Crippen LogP contribution >= 0.6 is 12.2 Å². The van der Waals surface area contributed by atoms with Crippen LogP contribution in [0.15, 0.2) is 45.4 Å². The number of rotatable bonds is 1. The molecule has 1 aromatic carbocycles. The molecular weight excluding hydrogens is 210 g/mol. The lowest BCUT2D eigenvalue weighted by Crippen LogP contribution is -1.73. The number of furan rings is 1. The molecule has 0 bridgehead atoms. The Morgan fingerprint density at radius 3 is 2.93 bits per heavy atom. The van der Waals surface area contributed by atoms with Crippen molar-refractivity contribution >= 4 is 23.3 Å². The van der Waals surface area contributed by atoms with E-state index in [2.05, 4.69) is 4.98 Å². The van der Waals surface area contributed by atoms with Gasteiger partial charge in [-0.05, 0) is 42.5 Å². The summed E-state index contributed by atoms with van der Waals surface area (Å²) in [6.45, 7) is 0. The quantitative estimate of drug-likeness (QED) is 0.631. The Hall–Kier alpha value is -1.81. The summed E-state index contributed by atoms with van der Waals surface area (Å²) in [6, 6.07) is 9.55. The first kappa shape index (κ1) is 8.49. The van der Waals surface area contributed by atoms with E-state index in [9.17, 15) is 0 Å². The Bertz CT molecular complexity index is 649. The molecule has 15 heavy (non-hydrogen) atoms. The zero-order chi connectivity index (χ0) is 10.3. The lowest BCUT2D eigenvalue weighted by atomic mass is 10.1. The van der Waals surface area contributed by atoms with Crippen LogP contribution in [0.4, 0.5) is 0 Å². The minimum Gasteiger partial charge on any atom is -0.464 e. The van der Waals surface area contributed by atoms with Gasteiger partial charge in [0.1, 0.15) is 5.76 Å². The number of aromatic nitrogens is 1. The number of benzene rings is 1. The average molecular weight is 217 g/mol. The van der Waals surface area contributed by atoms with Crippen molar-refractivity contribution in [2.45, 2.75) is 0 Å². The van der Waals surface area contributed by atoms with Gasteiger partial charge < -0.3 is 13.8 Å². The molecule has 0 atom stereocenters. The Kier molecular flexibility index (Phi) is 1.76. The van der Waals surface area contributed by atoms with Crippen LogP contribution in [0.5, 0.6) is 0 Å². The van der Waals surface area contributed by atoms with Gasteiger partial charge in [0.25, 0.3) is 4.84 Å². The smallest absolute Gasteiger partial charge is 0.266 e. The van der Waals surface area contributed by atoms with Crippen molar-refractivity contribution in [3.05, 3.63) is 41.4 Å². The van der Waals surface area contributed by atoms with Crippen LogP contribution in [-0.2, 0) is 0 Å². The van der Waals surface area contributed by atoms with Gasteiger partial charge in [0.2, 0.25) is 0 Å². The van der Waals surface area contributed by atoms with E-state index in [1.54, 1.807) is 6.26 Å². The molecule has 3 aromatic rings. The van der Waals surface area contributed by atoms with Crippen molar-refractivity contribution in [3.63, 3.8) is 0 Å². The first-order chi connectivity index (χ1) is 7.33. The molecular formula is C11H7NO2S. The van der Waals surface area contributed by atoms with Gasteiger partial charge in [-0.2, -0.15) is 0 Å². The third-order valence-electron chi connectivity index (χ3n) is 2.23. The number of fused-ring (bicyclic) bond motifs is 1. The Morgan fingerprint density at radius 2 is 2.13 bits per heavy atom. The van der Waals surface area contributed by atoms with Crippen molar-refractivity contribution in [3.8, 4) is 11.3 Å². The summed E-state index contributed by atoms with van der Waals surface area (Å²) in [5.41, 5.74) is 2.62. The molecule has 1 N–H and O–H groups in total. The highest BCUT2D eigenvalue weighted by Gasteiger charge is 2.04. The van der Waals surface area contributed by atoms with Crippen molar-refractivity contribution < 1.29 is 8.83 Å². The second kappa shape index (κ2) is 3.10. The van der Waals surface area contributed by atoms with Gasteiger partial charge in [0, 0.05) is 5.56 Å². The zero-order valence-electron chi connectivity index (χ0n) is 7.69. The molecule has 2 aromatic heterocycles. The van der Waals surface area contributed by atoms with E-state index in [-0.39, 0.29) is 0 Å². The van der Waals surface area contributed by atoms with E-state index in [1.165, 1.54) is 0 Å². The van der Waals surface area contributed by atoms with E-state index in [4.69, 9.17) is 21.1 Å². The lowest BCUT2D eigenvalue weighted by Gasteiger charge is -1.94. The third-order valence-corrected chi connectivity index (χ3v) is 2.41. The van der Waals surface area contributed by atoms with E-state index in [0.717, 1.165) is 22.4 Å². The predicted molar refractivity (Wildman–Crippen MR) is 59.1 cm³/mol. The summed E-state index contributed by atoms with van der Waals surface area (Å²) >= 11 is 4.91. The highest BCUT2D eigenvalue weighted by Crippen LogP contribution is 2.24. The maximum absolute atomic E-state index is 5.32. The first-order valence-electron chi connectivity index (χ1n) is 4.50. The highest BCUT2D eigenvalue weighted by atomic mass is 32.1. The molecule has 3 rings (SSSR count). The second-order valence-corrected chi connectivity index (χ2v) is 3.57. The fourth-order valence-electron chi connectivity index (χ4n) is 1.54. The topological polar surface area (TPSA) is 42.1 Å². The first-order valence-corrected chi connectivity index (χ1v) is 4.90. The van der Waals surface area contributed by atoms with Crippen LogP contribution in [0.1, 0.15) is 0 Å². The monoisotopic (exact) mass is 217 g/mol. The van der Waals surface area contributed by atoms with Gasteiger partial charge >= 0.3 is 0 Å². The number of oxazole rings is 1. The van der Waals surface area contributed by atoms with Crippen molar-refractivity contribution in [2.24, 2.45) is 0 Å². The number of hydrogen-bond acceptors (Lipinski definition) is 3. The predicted octanol–water partition coefficient (Wildman–Crippen LogP) is 3.75. The van der Waals surface area contributed by atoms with E-state index in [1.807, 2.05) is 30.3 Å². The van der Waals surface area contributed by atoms with Gasteiger partial charge in [0.15, 0.2) is 5.58 Å². The highest BCUT2D eigenvalue weighted by molar-refractivity contribution is 7.71. The molecule has 0 saturated heterocycles. The Balaban J connectivity index is 2.26. The summed E-state index contributed by atoms with van der Waals surface area (Å²) in [5, 5.41) is 0. The van der Waals surface area contributed by atoms with Gasteiger partial charge in [-0.25, -0.2) is 0 Å². The minimum absolute atomic E-state index is 0.390. The van der Waals surface area contributed by atoms with Crippen molar-refractivity contribution in [1.29, 1.82) is 0 Å². The number of aromatic amines is 1. The van der Waals surface area contributed by atoms with Gasteiger partial charge in [-0.15, -0.1) is 0 Å². The largest absolute Gasteiger partial charge is 0.464 e. The van der Waals surface area contributed by atoms with Crippen LogP contribution in [0, 0.1) is 4.84 Å². The molecule has 4 heteroatoms. The average Bonchev–Trinajstić information content (AvgIpc) is 2.82. The maximum atomic E-state index is 5.32. The van der Waals surface area contributed by atoms with Crippen LogP contribution in [-0.4, -0.2) is 4.98 Å². The standard InChI is InChI=1S/C11H7NO2S/c15-11-12-8-4-3-7(6-10(8)14-11)9-2-1-5-13-9/h1-6H,(H,12,15).